The van der Waals surface area contributed by atoms with E-state index in [-0.39, 0.29) is 11.6 Å². The van der Waals surface area contributed by atoms with Crippen LogP contribution >= 0.6 is 0 Å². The molecule has 0 radical (unpaired) electrons. The first-order valence-corrected chi connectivity index (χ1v) is 9.73. The van der Waals surface area contributed by atoms with E-state index in [2.05, 4.69) is 15.8 Å². The van der Waals surface area contributed by atoms with Crippen molar-refractivity contribution in [3.8, 4) is 5.75 Å². The molecule has 2 amide bonds. The Hall–Kier alpha value is -3.41. The van der Waals surface area contributed by atoms with Gasteiger partial charge in [0.05, 0.1) is 7.11 Å². The number of hydrogen-bond acceptors (Lipinski definition) is 4. The fourth-order valence-electron chi connectivity index (χ4n) is 3.07. The summed E-state index contributed by atoms with van der Waals surface area (Å²) in [6.07, 6.45) is 6.80. The lowest BCUT2D eigenvalue weighted by Gasteiger charge is -2.13. The highest BCUT2D eigenvalue weighted by Crippen LogP contribution is 2.15. The van der Waals surface area contributed by atoms with E-state index in [9.17, 15) is 9.59 Å². The molecular formula is C23H25N3O3. The molecule has 1 saturated carbocycles. The second-order valence-electron chi connectivity index (χ2n) is 6.83. The molecule has 0 atom stereocenters. The van der Waals surface area contributed by atoms with Crippen LogP contribution in [-0.4, -0.2) is 24.6 Å². The molecule has 150 valence electrons. The summed E-state index contributed by atoms with van der Waals surface area (Å²) >= 11 is 0. The van der Waals surface area contributed by atoms with Crippen LogP contribution in [0.1, 0.15) is 48.0 Å². The fraction of sp³-hybridized carbons (Fsp3) is 0.261. The largest absolute Gasteiger partial charge is 0.497 e. The van der Waals surface area contributed by atoms with E-state index in [0.717, 1.165) is 37.0 Å². The Labute approximate surface area is 170 Å². The average molecular weight is 391 g/mol. The first-order chi connectivity index (χ1) is 14.2. The summed E-state index contributed by atoms with van der Waals surface area (Å²) in [5.41, 5.74) is 4.94. The highest BCUT2D eigenvalue weighted by Gasteiger charge is 2.15. The number of nitrogens with zero attached hydrogens (tertiary/aromatic N) is 1. The maximum atomic E-state index is 12.8. The summed E-state index contributed by atoms with van der Waals surface area (Å²) in [7, 11) is 1.59. The van der Waals surface area contributed by atoms with Crippen molar-refractivity contribution in [2.24, 2.45) is 5.10 Å². The molecule has 1 aliphatic rings. The third-order valence-corrected chi connectivity index (χ3v) is 4.70. The van der Waals surface area contributed by atoms with Crippen molar-refractivity contribution in [3.05, 3.63) is 71.4 Å². The van der Waals surface area contributed by atoms with Crippen LogP contribution < -0.4 is 15.5 Å². The fourth-order valence-corrected chi connectivity index (χ4v) is 3.07. The number of nitrogens with one attached hydrogen (secondary N) is 2. The average Bonchev–Trinajstić information content (AvgIpc) is 2.78. The van der Waals surface area contributed by atoms with E-state index in [1.807, 2.05) is 18.2 Å². The normalized spacial score (nSPS) is 14.1. The number of ether oxygens (including phenoxy) is 1. The highest BCUT2D eigenvalue weighted by atomic mass is 16.5. The third kappa shape index (κ3) is 6.04. The number of hydrazone groups is 1. The molecule has 0 aliphatic heterocycles. The van der Waals surface area contributed by atoms with Gasteiger partial charge in [0.2, 0.25) is 0 Å². The van der Waals surface area contributed by atoms with Crippen molar-refractivity contribution in [3.63, 3.8) is 0 Å². The van der Waals surface area contributed by atoms with Crippen LogP contribution in [0.4, 0.5) is 0 Å². The van der Waals surface area contributed by atoms with Gasteiger partial charge in [0.1, 0.15) is 11.4 Å². The summed E-state index contributed by atoms with van der Waals surface area (Å²) in [6.45, 7) is 0. The van der Waals surface area contributed by atoms with Gasteiger partial charge in [-0.25, -0.2) is 5.43 Å². The Kier molecular flexibility index (Phi) is 7.16. The van der Waals surface area contributed by atoms with E-state index in [1.54, 1.807) is 49.6 Å². The Morgan fingerprint density at radius 2 is 1.66 bits per heavy atom. The number of methoxy groups -OCH3 is 1. The van der Waals surface area contributed by atoms with Gasteiger partial charge in [0.15, 0.2) is 0 Å². The molecule has 1 aliphatic carbocycles. The third-order valence-electron chi connectivity index (χ3n) is 4.70. The molecule has 29 heavy (non-hydrogen) atoms. The Morgan fingerprint density at radius 1 is 0.966 bits per heavy atom. The summed E-state index contributed by atoms with van der Waals surface area (Å²) in [5.74, 6) is -0.0980. The number of amides is 2. The van der Waals surface area contributed by atoms with Gasteiger partial charge >= 0.3 is 0 Å². The summed E-state index contributed by atoms with van der Waals surface area (Å²) in [6, 6.07) is 16.0. The van der Waals surface area contributed by atoms with Crippen LogP contribution in [0, 0.1) is 0 Å². The predicted molar refractivity (Wildman–Crippen MR) is 114 cm³/mol. The monoisotopic (exact) mass is 391 g/mol. The lowest BCUT2D eigenvalue weighted by Crippen LogP contribution is -2.33. The molecule has 2 aromatic carbocycles. The molecular weight excluding hydrogens is 366 g/mol. The summed E-state index contributed by atoms with van der Waals surface area (Å²) in [5, 5.41) is 6.97. The number of carbonyl (C=O) groups is 2. The van der Waals surface area contributed by atoms with Crippen LogP contribution in [0.25, 0.3) is 6.08 Å². The molecule has 3 rings (SSSR count). The van der Waals surface area contributed by atoms with Gasteiger partial charge < -0.3 is 10.1 Å². The standard InChI is InChI=1S/C23H25N3O3/c1-29-20-14-12-17(13-15-20)16-21(24-22(27)18-8-4-2-5-9-18)23(28)26-25-19-10-6-3-7-11-19/h2,4-5,8-9,12-16H,3,6-7,10-11H2,1H3,(H,24,27)(H,26,28)/b21-16-. The minimum absolute atomic E-state index is 0.129. The molecule has 6 heteroatoms. The second kappa shape index (κ2) is 10.2. The summed E-state index contributed by atoms with van der Waals surface area (Å²) < 4.78 is 5.16. The maximum absolute atomic E-state index is 12.8. The lowest BCUT2D eigenvalue weighted by molar-refractivity contribution is -0.117. The smallest absolute Gasteiger partial charge is 0.287 e. The van der Waals surface area contributed by atoms with Crippen molar-refractivity contribution >= 4 is 23.6 Å². The summed E-state index contributed by atoms with van der Waals surface area (Å²) in [4.78, 5) is 25.3. The highest BCUT2D eigenvalue weighted by molar-refractivity contribution is 6.05. The van der Waals surface area contributed by atoms with E-state index in [1.165, 1.54) is 6.42 Å². The molecule has 0 saturated heterocycles. The molecule has 0 unspecified atom stereocenters. The molecule has 0 bridgehead atoms. The Bertz CT molecular complexity index is 895. The molecule has 0 spiro atoms. The zero-order valence-corrected chi connectivity index (χ0v) is 16.5. The zero-order chi connectivity index (χ0) is 20.5. The van der Waals surface area contributed by atoms with Gasteiger partial charge in [-0.2, -0.15) is 5.10 Å². The minimum atomic E-state index is -0.455. The lowest BCUT2D eigenvalue weighted by atomic mass is 9.99. The number of benzene rings is 2. The topological polar surface area (TPSA) is 79.8 Å². The quantitative estimate of drug-likeness (QED) is 0.579. The first kappa shape index (κ1) is 20.3. The number of rotatable bonds is 6. The van der Waals surface area contributed by atoms with Crippen LogP contribution in [-0.2, 0) is 4.79 Å². The van der Waals surface area contributed by atoms with Crippen molar-refractivity contribution in [1.29, 1.82) is 0 Å². The molecule has 6 nitrogen and oxygen atoms in total. The van der Waals surface area contributed by atoms with Crippen LogP contribution in [0.15, 0.2) is 65.4 Å². The molecule has 1 fully saturated rings. The number of carbonyl (C=O) groups excluding carboxylic acids is 2. The van der Waals surface area contributed by atoms with Crippen molar-refractivity contribution in [2.45, 2.75) is 32.1 Å². The Morgan fingerprint density at radius 3 is 2.31 bits per heavy atom. The van der Waals surface area contributed by atoms with Crippen LogP contribution in [0.3, 0.4) is 0 Å². The van der Waals surface area contributed by atoms with Crippen molar-refractivity contribution in [1.82, 2.24) is 10.7 Å². The SMILES string of the molecule is COc1ccc(/C=C(\NC(=O)c2ccccc2)C(=O)NN=C2CCCCC2)cc1. The van der Waals surface area contributed by atoms with E-state index >= 15 is 0 Å². The van der Waals surface area contributed by atoms with Gasteiger partial charge in [0.25, 0.3) is 11.8 Å². The van der Waals surface area contributed by atoms with Crippen molar-refractivity contribution in [2.75, 3.05) is 7.11 Å². The van der Waals surface area contributed by atoms with Crippen LogP contribution in [0.2, 0.25) is 0 Å². The number of hydrogen-bond donors (Lipinski definition) is 2. The predicted octanol–water partition coefficient (Wildman–Crippen LogP) is 3.90. The molecule has 2 aromatic rings. The molecule has 2 N–H and O–H groups in total. The van der Waals surface area contributed by atoms with Gasteiger partial charge in [0, 0.05) is 11.3 Å². The van der Waals surface area contributed by atoms with Gasteiger partial charge in [-0.05, 0) is 61.6 Å². The van der Waals surface area contributed by atoms with Crippen LogP contribution in [0.5, 0.6) is 5.75 Å². The van der Waals surface area contributed by atoms with Crippen molar-refractivity contribution < 1.29 is 14.3 Å². The first-order valence-electron chi connectivity index (χ1n) is 9.73. The zero-order valence-electron chi connectivity index (χ0n) is 16.5. The van der Waals surface area contributed by atoms with Gasteiger partial charge in [-0.3, -0.25) is 9.59 Å². The van der Waals surface area contributed by atoms with E-state index in [4.69, 9.17) is 4.74 Å². The van der Waals surface area contributed by atoms with Gasteiger partial charge in [-0.15, -0.1) is 0 Å². The maximum Gasteiger partial charge on any atom is 0.287 e. The molecule has 0 aromatic heterocycles. The van der Waals surface area contributed by atoms with E-state index in [0.29, 0.717) is 11.3 Å². The Balaban J connectivity index is 1.80. The second-order valence-corrected chi connectivity index (χ2v) is 6.83. The molecule has 0 heterocycles. The van der Waals surface area contributed by atoms with E-state index < -0.39 is 5.91 Å². The minimum Gasteiger partial charge on any atom is -0.497 e. The van der Waals surface area contributed by atoms with Gasteiger partial charge in [-0.1, -0.05) is 36.8 Å².